The second kappa shape index (κ2) is 5.91. The highest BCUT2D eigenvalue weighted by Gasteiger charge is 2.28. The Kier molecular flexibility index (Phi) is 3.73. The maximum Gasteiger partial charge on any atom is 0.231 e. The molecule has 2 heterocycles. The number of fused-ring (bicyclic) bond motifs is 2. The molecule has 0 aromatic heterocycles. The van der Waals surface area contributed by atoms with Gasteiger partial charge in [-0.15, -0.1) is 0 Å². The van der Waals surface area contributed by atoms with Crippen LogP contribution in [-0.2, 0) is 12.8 Å². The molecule has 2 aromatic rings. The largest absolute Gasteiger partial charge is 0.504 e. The van der Waals surface area contributed by atoms with Crippen LogP contribution in [0.15, 0.2) is 30.3 Å². The van der Waals surface area contributed by atoms with Crippen LogP contribution in [0.3, 0.4) is 0 Å². The van der Waals surface area contributed by atoms with Gasteiger partial charge in [0.15, 0.2) is 23.0 Å². The Morgan fingerprint density at radius 3 is 2.75 bits per heavy atom. The molecule has 0 saturated carbocycles. The zero-order chi connectivity index (χ0) is 16.7. The van der Waals surface area contributed by atoms with Crippen molar-refractivity contribution in [3.8, 4) is 23.0 Å². The first-order chi connectivity index (χ1) is 11.7. The number of nitrogens with zero attached hydrogens (tertiary/aromatic N) is 1. The van der Waals surface area contributed by atoms with Crippen molar-refractivity contribution in [1.29, 1.82) is 0 Å². The molecule has 0 fully saturated rings. The van der Waals surface area contributed by atoms with Gasteiger partial charge in [-0.2, -0.15) is 0 Å². The number of likely N-dealkylation sites (N-methyl/N-ethyl adjacent to an activating group) is 1. The predicted molar refractivity (Wildman–Crippen MR) is 90.0 cm³/mol. The number of methoxy groups -OCH3 is 1. The van der Waals surface area contributed by atoms with E-state index in [2.05, 4.69) is 24.1 Å². The number of aromatic hydroxyl groups is 1. The highest BCUT2D eigenvalue weighted by Crippen LogP contribution is 2.41. The molecule has 2 aromatic carbocycles. The van der Waals surface area contributed by atoms with Crippen molar-refractivity contribution in [2.45, 2.75) is 18.9 Å². The lowest BCUT2D eigenvalue weighted by Gasteiger charge is -2.35. The van der Waals surface area contributed by atoms with Gasteiger partial charge >= 0.3 is 0 Å². The molecule has 2 aliphatic rings. The van der Waals surface area contributed by atoms with Crippen LogP contribution in [0.5, 0.6) is 23.0 Å². The fraction of sp³-hybridized carbons (Fsp3) is 0.368. The molecule has 0 unspecified atom stereocenters. The average molecular weight is 327 g/mol. The smallest absolute Gasteiger partial charge is 0.231 e. The van der Waals surface area contributed by atoms with Gasteiger partial charge in [0.25, 0.3) is 0 Å². The van der Waals surface area contributed by atoms with Gasteiger partial charge in [-0.3, -0.25) is 4.90 Å². The number of ether oxygens (including phenoxy) is 3. The average Bonchev–Trinajstić information content (AvgIpc) is 3.03. The molecule has 0 saturated heterocycles. The third kappa shape index (κ3) is 2.55. The van der Waals surface area contributed by atoms with Crippen molar-refractivity contribution < 1.29 is 19.3 Å². The van der Waals surface area contributed by atoms with Crippen LogP contribution in [0.4, 0.5) is 0 Å². The summed E-state index contributed by atoms with van der Waals surface area (Å²) < 4.78 is 16.2. The maximum absolute atomic E-state index is 10.0. The zero-order valence-electron chi connectivity index (χ0n) is 13.9. The van der Waals surface area contributed by atoms with E-state index in [0.29, 0.717) is 12.5 Å². The molecule has 0 radical (unpaired) electrons. The lowest BCUT2D eigenvalue weighted by molar-refractivity contribution is 0.174. The molecule has 0 bridgehead atoms. The van der Waals surface area contributed by atoms with Gasteiger partial charge in [-0.25, -0.2) is 0 Å². The highest BCUT2D eigenvalue weighted by atomic mass is 16.7. The molecule has 0 spiro atoms. The third-order valence-corrected chi connectivity index (χ3v) is 4.93. The summed E-state index contributed by atoms with van der Waals surface area (Å²) in [6, 6.07) is 10.1. The second-order valence-corrected chi connectivity index (χ2v) is 6.36. The van der Waals surface area contributed by atoms with Crippen molar-refractivity contribution in [1.82, 2.24) is 4.90 Å². The molecule has 5 heteroatoms. The van der Waals surface area contributed by atoms with Gasteiger partial charge in [-0.1, -0.05) is 6.07 Å². The molecule has 4 rings (SSSR count). The Labute approximate surface area is 141 Å². The van der Waals surface area contributed by atoms with Crippen LogP contribution in [0.1, 0.15) is 22.7 Å². The summed E-state index contributed by atoms with van der Waals surface area (Å²) in [5, 5.41) is 10.0. The van der Waals surface area contributed by atoms with Crippen molar-refractivity contribution in [3.05, 3.63) is 47.0 Å². The van der Waals surface area contributed by atoms with E-state index in [1.165, 1.54) is 11.1 Å². The maximum atomic E-state index is 10.0. The first kappa shape index (κ1) is 15.1. The van der Waals surface area contributed by atoms with E-state index in [0.717, 1.165) is 36.4 Å². The number of phenolic OH excluding ortho intramolecular Hbond substituents is 1. The van der Waals surface area contributed by atoms with Gasteiger partial charge in [0.05, 0.1) is 7.11 Å². The Bertz CT molecular complexity index is 774. The molecule has 5 nitrogen and oxygen atoms in total. The SMILES string of the molecule is COc1ccc(C[C@H]2c3cc4c(cc3CCN2C)OCO4)cc1O. The van der Waals surface area contributed by atoms with E-state index >= 15 is 0 Å². The first-order valence-electron chi connectivity index (χ1n) is 8.14. The van der Waals surface area contributed by atoms with E-state index in [1.54, 1.807) is 13.2 Å². The number of benzene rings is 2. The van der Waals surface area contributed by atoms with Crippen LogP contribution in [0, 0.1) is 0 Å². The van der Waals surface area contributed by atoms with Crippen LogP contribution < -0.4 is 14.2 Å². The molecule has 2 aliphatic heterocycles. The van der Waals surface area contributed by atoms with Gasteiger partial charge < -0.3 is 19.3 Å². The molecule has 24 heavy (non-hydrogen) atoms. The fourth-order valence-electron chi connectivity index (χ4n) is 3.57. The van der Waals surface area contributed by atoms with Gasteiger partial charge in [0.2, 0.25) is 6.79 Å². The Balaban J connectivity index is 1.67. The standard InChI is InChI=1S/C19H21NO4/c1-20-6-5-13-9-18-19(24-11-23-18)10-14(13)15(20)7-12-3-4-17(22-2)16(21)8-12/h3-4,8-10,15,21H,5-7,11H2,1-2H3/t15-/m0/s1. The van der Waals surface area contributed by atoms with E-state index < -0.39 is 0 Å². The number of hydrogen-bond donors (Lipinski definition) is 1. The molecule has 126 valence electrons. The summed E-state index contributed by atoms with van der Waals surface area (Å²) in [6.07, 6.45) is 1.83. The summed E-state index contributed by atoms with van der Waals surface area (Å²) >= 11 is 0. The van der Waals surface area contributed by atoms with Crippen molar-refractivity contribution in [2.24, 2.45) is 0 Å². The minimum Gasteiger partial charge on any atom is -0.504 e. The molecule has 0 aliphatic carbocycles. The van der Waals surface area contributed by atoms with Crippen LogP contribution in [0.25, 0.3) is 0 Å². The van der Waals surface area contributed by atoms with Crippen LogP contribution >= 0.6 is 0 Å². The van der Waals surface area contributed by atoms with Gasteiger partial charge in [-0.05, 0) is 60.8 Å². The summed E-state index contributed by atoms with van der Waals surface area (Å²) in [6.45, 7) is 1.30. The van der Waals surface area contributed by atoms with Gasteiger partial charge in [0.1, 0.15) is 0 Å². The number of rotatable bonds is 3. The molecule has 1 N–H and O–H groups in total. The molecule has 0 amide bonds. The van der Waals surface area contributed by atoms with E-state index in [9.17, 15) is 5.11 Å². The van der Waals surface area contributed by atoms with Crippen LogP contribution in [-0.4, -0.2) is 37.5 Å². The Morgan fingerprint density at radius 1 is 1.21 bits per heavy atom. The Morgan fingerprint density at radius 2 is 2.00 bits per heavy atom. The quantitative estimate of drug-likeness (QED) is 0.939. The summed E-state index contributed by atoms with van der Waals surface area (Å²) in [5.41, 5.74) is 3.68. The van der Waals surface area contributed by atoms with Gasteiger partial charge in [0, 0.05) is 12.6 Å². The summed E-state index contributed by atoms with van der Waals surface area (Å²) in [7, 11) is 3.70. The minimum absolute atomic E-state index is 0.180. The fourth-order valence-corrected chi connectivity index (χ4v) is 3.57. The lowest BCUT2D eigenvalue weighted by atomic mass is 9.88. The Hall–Kier alpha value is -2.40. The van der Waals surface area contributed by atoms with Crippen LogP contribution in [0.2, 0.25) is 0 Å². The topological polar surface area (TPSA) is 51.2 Å². The third-order valence-electron chi connectivity index (χ3n) is 4.93. The minimum atomic E-state index is 0.180. The first-order valence-corrected chi connectivity index (χ1v) is 8.14. The normalized spacial score (nSPS) is 19.2. The second-order valence-electron chi connectivity index (χ2n) is 6.36. The number of hydrogen-bond acceptors (Lipinski definition) is 5. The lowest BCUT2D eigenvalue weighted by Crippen LogP contribution is -2.33. The van der Waals surface area contributed by atoms with Crippen molar-refractivity contribution >= 4 is 0 Å². The zero-order valence-corrected chi connectivity index (χ0v) is 13.9. The van der Waals surface area contributed by atoms with E-state index in [4.69, 9.17) is 14.2 Å². The summed E-state index contributed by atoms with van der Waals surface area (Å²) in [5.74, 6) is 2.35. The van der Waals surface area contributed by atoms with Crippen molar-refractivity contribution in [2.75, 3.05) is 27.5 Å². The summed E-state index contributed by atoms with van der Waals surface area (Å²) in [4.78, 5) is 2.35. The monoisotopic (exact) mass is 327 g/mol. The highest BCUT2D eigenvalue weighted by molar-refractivity contribution is 5.51. The molecular formula is C19H21NO4. The predicted octanol–water partition coefficient (Wildman–Crippen LogP) is 2.90. The van der Waals surface area contributed by atoms with E-state index in [-0.39, 0.29) is 11.8 Å². The van der Waals surface area contributed by atoms with E-state index in [1.807, 2.05) is 12.1 Å². The van der Waals surface area contributed by atoms with Crippen molar-refractivity contribution in [3.63, 3.8) is 0 Å². The molecule has 1 atom stereocenters. The number of phenols is 1. The molecular weight excluding hydrogens is 306 g/mol.